The molecule has 2 heteroatoms. The van der Waals surface area contributed by atoms with E-state index in [-0.39, 0.29) is 11.6 Å². The van der Waals surface area contributed by atoms with Crippen molar-refractivity contribution in [1.29, 1.82) is 0 Å². The number of aliphatic hydroxyl groups is 1. The first-order valence-electron chi connectivity index (χ1n) is 3.62. The molecule has 2 N–H and O–H groups in total. The van der Waals surface area contributed by atoms with Crippen LogP contribution in [0, 0.1) is 0 Å². The Hall–Kier alpha value is -0.0800. The van der Waals surface area contributed by atoms with E-state index in [9.17, 15) is 5.11 Å². The van der Waals surface area contributed by atoms with Gasteiger partial charge >= 0.3 is 0 Å². The van der Waals surface area contributed by atoms with Gasteiger partial charge in [0.15, 0.2) is 0 Å². The van der Waals surface area contributed by atoms with Crippen molar-refractivity contribution in [2.45, 2.75) is 38.3 Å². The molecule has 1 fully saturated rings. The third-order valence-corrected chi connectivity index (χ3v) is 2.42. The van der Waals surface area contributed by atoms with Gasteiger partial charge in [0, 0.05) is 5.54 Å². The predicted octanol–water partition coefficient (Wildman–Crippen LogP) is 0.509. The van der Waals surface area contributed by atoms with Crippen molar-refractivity contribution in [2.24, 2.45) is 0 Å². The van der Waals surface area contributed by atoms with Gasteiger partial charge in [-0.1, -0.05) is 6.92 Å². The molecule has 0 aromatic rings. The zero-order chi connectivity index (χ0) is 6.91. The fourth-order valence-electron chi connectivity index (χ4n) is 1.29. The summed E-state index contributed by atoms with van der Waals surface area (Å²) in [5.41, 5.74) is 0. The summed E-state index contributed by atoms with van der Waals surface area (Å²) in [5, 5.41) is 12.7. The number of rotatable bonds is 1. The van der Waals surface area contributed by atoms with E-state index >= 15 is 0 Å². The SMILES string of the molecule is CCC1(C)NCCC1O. The van der Waals surface area contributed by atoms with Gasteiger partial charge in [-0.2, -0.15) is 0 Å². The Kier molecular flexibility index (Phi) is 1.78. The molecule has 1 heterocycles. The van der Waals surface area contributed by atoms with Gasteiger partial charge in [0.1, 0.15) is 0 Å². The molecule has 0 spiro atoms. The minimum atomic E-state index is -0.137. The first-order valence-corrected chi connectivity index (χ1v) is 3.62. The Morgan fingerprint density at radius 2 is 2.44 bits per heavy atom. The lowest BCUT2D eigenvalue weighted by Gasteiger charge is -2.26. The van der Waals surface area contributed by atoms with Crippen molar-refractivity contribution < 1.29 is 5.11 Å². The van der Waals surface area contributed by atoms with E-state index in [1.165, 1.54) is 0 Å². The van der Waals surface area contributed by atoms with E-state index in [0.29, 0.717) is 0 Å². The van der Waals surface area contributed by atoms with Crippen LogP contribution in [0.4, 0.5) is 0 Å². The molecule has 0 amide bonds. The average Bonchev–Trinajstić information content (AvgIpc) is 2.15. The second kappa shape index (κ2) is 2.27. The molecule has 2 atom stereocenters. The molecular formula is C7H15NO. The first kappa shape index (κ1) is 7.03. The Morgan fingerprint density at radius 3 is 2.67 bits per heavy atom. The highest BCUT2D eigenvalue weighted by atomic mass is 16.3. The molecule has 0 saturated carbocycles. The lowest BCUT2D eigenvalue weighted by atomic mass is 9.94. The summed E-state index contributed by atoms with van der Waals surface area (Å²) in [6.45, 7) is 5.14. The number of hydrogen-bond acceptors (Lipinski definition) is 2. The maximum Gasteiger partial charge on any atom is 0.0731 e. The van der Waals surface area contributed by atoms with Crippen LogP contribution >= 0.6 is 0 Å². The molecule has 0 aromatic heterocycles. The highest BCUT2D eigenvalue weighted by molar-refractivity contribution is 4.94. The van der Waals surface area contributed by atoms with Gasteiger partial charge in [-0.05, 0) is 26.3 Å². The zero-order valence-electron chi connectivity index (χ0n) is 6.15. The van der Waals surface area contributed by atoms with Gasteiger partial charge in [-0.3, -0.25) is 0 Å². The number of nitrogens with one attached hydrogen (secondary N) is 1. The summed E-state index contributed by atoms with van der Waals surface area (Å²) in [5.74, 6) is 0. The van der Waals surface area contributed by atoms with Crippen molar-refractivity contribution in [1.82, 2.24) is 5.32 Å². The molecule has 54 valence electrons. The van der Waals surface area contributed by atoms with Crippen molar-refractivity contribution in [3.63, 3.8) is 0 Å². The summed E-state index contributed by atoms with van der Waals surface area (Å²) >= 11 is 0. The highest BCUT2D eigenvalue weighted by Gasteiger charge is 2.34. The molecule has 1 saturated heterocycles. The molecule has 2 unspecified atom stereocenters. The summed E-state index contributed by atoms with van der Waals surface area (Å²) < 4.78 is 0. The molecule has 0 aliphatic carbocycles. The topological polar surface area (TPSA) is 32.3 Å². The Labute approximate surface area is 56.3 Å². The minimum Gasteiger partial charge on any atom is -0.391 e. The normalized spacial score (nSPS) is 43.7. The zero-order valence-corrected chi connectivity index (χ0v) is 6.15. The van der Waals surface area contributed by atoms with Gasteiger partial charge < -0.3 is 10.4 Å². The highest BCUT2D eigenvalue weighted by Crippen LogP contribution is 2.21. The van der Waals surface area contributed by atoms with Gasteiger partial charge in [0.2, 0.25) is 0 Å². The summed E-state index contributed by atoms with van der Waals surface area (Å²) in [4.78, 5) is 0. The van der Waals surface area contributed by atoms with Crippen LogP contribution in [0.15, 0.2) is 0 Å². The van der Waals surface area contributed by atoms with Crippen LogP contribution in [0.3, 0.4) is 0 Å². The van der Waals surface area contributed by atoms with Crippen LogP contribution in [0.25, 0.3) is 0 Å². The minimum absolute atomic E-state index is 0. The summed E-state index contributed by atoms with van der Waals surface area (Å²) in [7, 11) is 0. The maximum absolute atomic E-state index is 9.39. The standard InChI is InChI=1S/C7H15NO/c1-3-7(2)6(9)4-5-8-7/h6,8-9H,3-5H2,1-2H3. The van der Waals surface area contributed by atoms with Gasteiger partial charge in [-0.25, -0.2) is 0 Å². The second-order valence-corrected chi connectivity index (χ2v) is 3.00. The van der Waals surface area contributed by atoms with Crippen LogP contribution in [0.1, 0.15) is 26.7 Å². The van der Waals surface area contributed by atoms with Crippen molar-refractivity contribution in [3.05, 3.63) is 0 Å². The van der Waals surface area contributed by atoms with Crippen LogP contribution in [0.2, 0.25) is 0 Å². The lowest BCUT2D eigenvalue weighted by molar-refractivity contribution is 0.105. The molecule has 9 heavy (non-hydrogen) atoms. The molecule has 0 bridgehead atoms. The summed E-state index contributed by atoms with van der Waals surface area (Å²) in [6.07, 6.45) is 1.78. The van der Waals surface area contributed by atoms with E-state index in [4.69, 9.17) is 0 Å². The van der Waals surface area contributed by atoms with Crippen LogP contribution in [-0.2, 0) is 0 Å². The molecule has 2 nitrogen and oxygen atoms in total. The smallest absolute Gasteiger partial charge is 0.0731 e. The molecular weight excluding hydrogens is 114 g/mol. The maximum atomic E-state index is 9.39. The lowest BCUT2D eigenvalue weighted by Crippen LogP contribution is -2.43. The monoisotopic (exact) mass is 129 g/mol. The third kappa shape index (κ3) is 1.10. The van der Waals surface area contributed by atoms with Crippen LogP contribution in [0.5, 0.6) is 0 Å². The molecule has 1 rings (SSSR count). The van der Waals surface area contributed by atoms with Crippen molar-refractivity contribution >= 4 is 0 Å². The van der Waals surface area contributed by atoms with E-state index < -0.39 is 0 Å². The molecule has 1 aliphatic rings. The van der Waals surface area contributed by atoms with E-state index in [2.05, 4.69) is 19.2 Å². The van der Waals surface area contributed by atoms with Gasteiger partial charge in [0.25, 0.3) is 0 Å². The third-order valence-electron chi connectivity index (χ3n) is 2.42. The Balaban J connectivity index is 2.56. The number of hydrogen-bond donors (Lipinski definition) is 2. The Bertz CT molecular complexity index is 105. The van der Waals surface area contributed by atoms with Crippen LogP contribution < -0.4 is 5.32 Å². The fraction of sp³-hybridized carbons (Fsp3) is 1.00. The average molecular weight is 129 g/mol. The summed E-state index contributed by atoms with van der Waals surface area (Å²) in [6, 6.07) is 0. The fourth-order valence-corrected chi connectivity index (χ4v) is 1.29. The number of aliphatic hydroxyl groups excluding tert-OH is 1. The van der Waals surface area contributed by atoms with E-state index in [1.54, 1.807) is 0 Å². The van der Waals surface area contributed by atoms with Gasteiger partial charge in [-0.15, -0.1) is 0 Å². The molecule has 0 aromatic carbocycles. The first-order chi connectivity index (χ1) is 4.19. The largest absolute Gasteiger partial charge is 0.391 e. The quantitative estimate of drug-likeness (QED) is 0.540. The molecule has 1 aliphatic heterocycles. The second-order valence-electron chi connectivity index (χ2n) is 3.00. The van der Waals surface area contributed by atoms with Gasteiger partial charge in [0.05, 0.1) is 6.10 Å². The van der Waals surface area contributed by atoms with E-state index in [0.717, 1.165) is 19.4 Å². The Morgan fingerprint density at radius 1 is 1.78 bits per heavy atom. The van der Waals surface area contributed by atoms with Crippen LogP contribution in [-0.4, -0.2) is 23.3 Å². The predicted molar refractivity (Wildman–Crippen MR) is 37.3 cm³/mol. The van der Waals surface area contributed by atoms with Crippen molar-refractivity contribution in [3.8, 4) is 0 Å². The molecule has 0 radical (unpaired) electrons. The van der Waals surface area contributed by atoms with Crippen molar-refractivity contribution in [2.75, 3.05) is 6.54 Å². The van der Waals surface area contributed by atoms with E-state index in [1.807, 2.05) is 0 Å².